The lowest BCUT2D eigenvalue weighted by molar-refractivity contribution is 1.47. The summed E-state index contributed by atoms with van der Waals surface area (Å²) in [6.45, 7) is 0. The summed E-state index contributed by atoms with van der Waals surface area (Å²) in [5, 5.41) is 0. The second-order valence-electron chi connectivity index (χ2n) is 1.07. The SMILES string of the molecule is CSC(C[S])SC. The van der Waals surface area contributed by atoms with Crippen LogP contribution in [0.1, 0.15) is 0 Å². The van der Waals surface area contributed by atoms with Crippen molar-refractivity contribution in [1.82, 2.24) is 0 Å². The Balaban J connectivity index is 2.99. The predicted octanol–water partition coefficient (Wildman–Crippen LogP) is 2.24. The van der Waals surface area contributed by atoms with Crippen LogP contribution >= 0.6 is 36.2 Å². The predicted molar refractivity (Wildman–Crippen MR) is 43.3 cm³/mol. The maximum atomic E-state index is 4.83. The quantitative estimate of drug-likeness (QED) is 0.570. The molecule has 0 N–H and O–H groups in total. The van der Waals surface area contributed by atoms with E-state index in [0.717, 1.165) is 5.75 Å². The fourth-order valence-corrected chi connectivity index (χ4v) is 2.09. The van der Waals surface area contributed by atoms with Crippen LogP contribution in [0.5, 0.6) is 0 Å². The minimum absolute atomic E-state index is 0.634. The van der Waals surface area contributed by atoms with Gasteiger partial charge in [-0.15, -0.1) is 0 Å². The highest BCUT2D eigenvalue weighted by Gasteiger charge is 1.98. The fourth-order valence-electron chi connectivity index (χ4n) is 0.232. The van der Waals surface area contributed by atoms with Crippen molar-refractivity contribution in [3.63, 3.8) is 0 Å². The summed E-state index contributed by atoms with van der Waals surface area (Å²) >= 11 is 8.49. The van der Waals surface area contributed by atoms with Crippen LogP contribution in [0.4, 0.5) is 0 Å². The Labute approximate surface area is 59.2 Å². The molecule has 0 unspecified atom stereocenters. The summed E-state index contributed by atoms with van der Waals surface area (Å²) in [6, 6.07) is 0. The van der Waals surface area contributed by atoms with Crippen LogP contribution in [0.15, 0.2) is 0 Å². The molecule has 0 fully saturated rings. The van der Waals surface area contributed by atoms with Crippen LogP contribution in [-0.2, 0) is 0 Å². The first-order valence-corrected chi connectivity index (χ1v) is 5.14. The molecule has 0 rings (SSSR count). The lowest BCUT2D eigenvalue weighted by Gasteiger charge is -2.03. The Bertz CT molecular complexity index is 28.4. The third-order valence-corrected chi connectivity index (χ3v) is 3.96. The largest absolute Gasteiger partial charge is 0.150 e. The van der Waals surface area contributed by atoms with Crippen molar-refractivity contribution in [2.75, 3.05) is 18.3 Å². The Morgan fingerprint density at radius 3 is 1.86 bits per heavy atom. The van der Waals surface area contributed by atoms with Gasteiger partial charge in [0.05, 0.1) is 4.58 Å². The van der Waals surface area contributed by atoms with E-state index in [4.69, 9.17) is 12.6 Å². The minimum atomic E-state index is 0.634. The third-order valence-electron chi connectivity index (χ3n) is 0.662. The summed E-state index contributed by atoms with van der Waals surface area (Å²) in [4.78, 5) is 0. The zero-order valence-electron chi connectivity index (χ0n) is 4.51. The van der Waals surface area contributed by atoms with Crippen LogP contribution < -0.4 is 0 Å². The van der Waals surface area contributed by atoms with Gasteiger partial charge < -0.3 is 0 Å². The van der Waals surface area contributed by atoms with Gasteiger partial charge in [-0.25, -0.2) is 0 Å². The lowest BCUT2D eigenvalue weighted by atomic mass is 10.9. The van der Waals surface area contributed by atoms with Crippen molar-refractivity contribution in [3.05, 3.63) is 0 Å². The average molecular weight is 153 g/mol. The van der Waals surface area contributed by atoms with E-state index in [0.29, 0.717) is 4.58 Å². The highest BCUT2D eigenvalue weighted by molar-refractivity contribution is 8.17. The van der Waals surface area contributed by atoms with E-state index in [9.17, 15) is 0 Å². The van der Waals surface area contributed by atoms with Crippen molar-refractivity contribution in [3.8, 4) is 0 Å². The summed E-state index contributed by atoms with van der Waals surface area (Å²) in [5.41, 5.74) is 0. The van der Waals surface area contributed by atoms with Crippen molar-refractivity contribution >= 4 is 36.2 Å². The minimum Gasteiger partial charge on any atom is -0.150 e. The van der Waals surface area contributed by atoms with Gasteiger partial charge in [0.25, 0.3) is 0 Å². The van der Waals surface area contributed by atoms with Crippen LogP contribution in [0, 0.1) is 0 Å². The molecule has 3 heteroatoms. The summed E-state index contributed by atoms with van der Waals surface area (Å²) < 4.78 is 0.634. The Hall–Kier alpha value is 1.05. The monoisotopic (exact) mass is 153 g/mol. The molecule has 0 atom stereocenters. The van der Waals surface area contributed by atoms with Gasteiger partial charge in [0, 0.05) is 5.75 Å². The van der Waals surface area contributed by atoms with Crippen molar-refractivity contribution in [2.24, 2.45) is 0 Å². The van der Waals surface area contributed by atoms with Crippen molar-refractivity contribution < 1.29 is 0 Å². The molecule has 0 saturated heterocycles. The summed E-state index contributed by atoms with van der Waals surface area (Å²) in [7, 11) is 0. The van der Waals surface area contributed by atoms with Gasteiger partial charge >= 0.3 is 0 Å². The Morgan fingerprint density at radius 2 is 1.86 bits per heavy atom. The Morgan fingerprint density at radius 1 is 1.43 bits per heavy atom. The molecule has 0 aromatic carbocycles. The Kier molecular flexibility index (Phi) is 5.97. The molecule has 43 valence electrons. The normalized spacial score (nSPS) is 10.3. The zero-order chi connectivity index (χ0) is 5.70. The average Bonchev–Trinajstić information content (AvgIpc) is 1.72. The molecule has 0 heterocycles. The van der Waals surface area contributed by atoms with Gasteiger partial charge in [-0.3, -0.25) is 0 Å². The first kappa shape index (κ1) is 8.05. The highest BCUT2D eigenvalue weighted by Crippen LogP contribution is 2.18. The van der Waals surface area contributed by atoms with Crippen LogP contribution in [0.2, 0.25) is 0 Å². The maximum absolute atomic E-state index is 4.83. The highest BCUT2D eigenvalue weighted by atomic mass is 32.2. The van der Waals surface area contributed by atoms with Gasteiger partial charge in [-0.2, -0.15) is 23.5 Å². The molecule has 7 heavy (non-hydrogen) atoms. The number of thioether (sulfide) groups is 2. The third kappa shape index (κ3) is 3.62. The molecule has 0 nitrogen and oxygen atoms in total. The van der Waals surface area contributed by atoms with E-state index in [1.165, 1.54) is 0 Å². The molecule has 0 bridgehead atoms. The number of hydrogen-bond acceptors (Lipinski definition) is 2. The molecule has 0 aliphatic heterocycles. The molecule has 0 aliphatic carbocycles. The molecular formula is C4H9S3. The topological polar surface area (TPSA) is 0 Å². The fraction of sp³-hybridized carbons (Fsp3) is 1.00. The smallest absolute Gasteiger partial charge is 0.0595 e. The molecule has 0 aliphatic rings. The van der Waals surface area contributed by atoms with E-state index in [2.05, 4.69) is 12.5 Å². The van der Waals surface area contributed by atoms with Gasteiger partial charge in [0.1, 0.15) is 0 Å². The van der Waals surface area contributed by atoms with Crippen LogP contribution in [0.3, 0.4) is 0 Å². The van der Waals surface area contributed by atoms with E-state index < -0.39 is 0 Å². The van der Waals surface area contributed by atoms with Gasteiger partial charge in [0.15, 0.2) is 0 Å². The molecular weight excluding hydrogens is 144 g/mol. The molecule has 0 aromatic heterocycles. The molecule has 0 amide bonds. The van der Waals surface area contributed by atoms with Gasteiger partial charge in [0.2, 0.25) is 0 Å². The molecule has 1 radical (unpaired) electrons. The lowest BCUT2D eigenvalue weighted by Crippen LogP contribution is -1.94. The number of rotatable bonds is 3. The molecule has 0 spiro atoms. The standard InChI is InChI=1S/C4H9S3/c1-6-4(3-5)7-2/h4H,3H2,1-2H3. The molecule has 0 saturated carbocycles. The van der Waals surface area contributed by atoms with E-state index >= 15 is 0 Å². The van der Waals surface area contributed by atoms with E-state index in [1.807, 2.05) is 23.5 Å². The second kappa shape index (κ2) is 5.19. The molecule has 0 aromatic rings. The maximum Gasteiger partial charge on any atom is 0.0595 e. The number of hydrogen-bond donors (Lipinski definition) is 0. The van der Waals surface area contributed by atoms with Crippen molar-refractivity contribution in [1.29, 1.82) is 0 Å². The van der Waals surface area contributed by atoms with E-state index in [-0.39, 0.29) is 0 Å². The van der Waals surface area contributed by atoms with E-state index in [1.54, 1.807) is 0 Å². The summed E-state index contributed by atoms with van der Waals surface area (Å²) in [5.74, 6) is 0.863. The van der Waals surface area contributed by atoms with Gasteiger partial charge in [-0.1, -0.05) is 12.6 Å². The van der Waals surface area contributed by atoms with Crippen molar-refractivity contribution in [2.45, 2.75) is 4.58 Å². The van der Waals surface area contributed by atoms with Crippen LogP contribution in [0.25, 0.3) is 0 Å². The van der Waals surface area contributed by atoms with Crippen LogP contribution in [-0.4, -0.2) is 22.8 Å². The van der Waals surface area contributed by atoms with Gasteiger partial charge in [-0.05, 0) is 12.5 Å². The first-order chi connectivity index (χ1) is 3.35. The zero-order valence-corrected chi connectivity index (χ0v) is 6.96. The first-order valence-electron chi connectivity index (χ1n) is 1.98. The second-order valence-corrected chi connectivity index (χ2v) is 3.78. The summed E-state index contributed by atoms with van der Waals surface area (Å²) in [6.07, 6.45) is 4.18.